The first-order chi connectivity index (χ1) is 22.8. The highest BCUT2D eigenvalue weighted by atomic mass is 19.4. The van der Waals surface area contributed by atoms with Gasteiger partial charge in [-0.15, -0.1) is 0 Å². The Morgan fingerprint density at radius 3 is 2.12 bits per heavy atom. The van der Waals surface area contributed by atoms with Gasteiger partial charge in [-0.2, -0.15) is 13.2 Å². The number of ether oxygens (including phenoxy) is 2. The summed E-state index contributed by atoms with van der Waals surface area (Å²) in [6, 6.07) is 12.0. The molecule has 0 aliphatic carbocycles. The predicted molar refractivity (Wildman–Crippen MR) is 160 cm³/mol. The Morgan fingerprint density at radius 1 is 0.958 bits per heavy atom. The van der Waals surface area contributed by atoms with Crippen molar-refractivity contribution in [2.45, 2.75) is 43.1 Å². The van der Waals surface area contributed by atoms with Gasteiger partial charge in [0.1, 0.15) is 36.6 Å². The third-order valence-corrected chi connectivity index (χ3v) is 7.46. The summed E-state index contributed by atoms with van der Waals surface area (Å²) in [7, 11) is 0. The summed E-state index contributed by atoms with van der Waals surface area (Å²) in [6.07, 6.45) is -7.45. The van der Waals surface area contributed by atoms with Crippen molar-refractivity contribution in [3.8, 4) is 0 Å². The van der Waals surface area contributed by atoms with E-state index in [1.165, 1.54) is 42.5 Å². The van der Waals surface area contributed by atoms with E-state index in [0.717, 1.165) is 24.3 Å². The molecule has 1 aliphatic heterocycles. The van der Waals surface area contributed by atoms with Crippen molar-refractivity contribution in [1.29, 1.82) is 0 Å². The summed E-state index contributed by atoms with van der Waals surface area (Å²) in [4.78, 5) is 37.0. The minimum atomic E-state index is -4.58. The molecule has 5 N–H and O–H groups in total. The summed E-state index contributed by atoms with van der Waals surface area (Å²) in [5.74, 6) is -3.68. The molecule has 1 heterocycles. The van der Waals surface area contributed by atoms with Gasteiger partial charge in [-0.25, -0.2) is 22.8 Å². The van der Waals surface area contributed by atoms with Crippen LogP contribution in [0.5, 0.6) is 0 Å². The second-order valence-corrected chi connectivity index (χ2v) is 10.9. The number of benzene rings is 3. The van der Waals surface area contributed by atoms with E-state index in [2.05, 4.69) is 16.0 Å². The Labute approximate surface area is 270 Å². The number of alkyl halides is 3. The van der Waals surface area contributed by atoms with Crippen LogP contribution < -0.4 is 21.3 Å². The fourth-order valence-electron chi connectivity index (χ4n) is 5.16. The fraction of sp³-hybridized carbons (Fsp3) is 0.344. The molecule has 0 bridgehead atoms. The topological polar surface area (TPSA) is 138 Å². The van der Waals surface area contributed by atoms with E-state index in [9.17, 15) is 41.4 Å². The van der Waals surface area contributed by atoms with Crippen molar-refractivity contribution in [1.82, 2.24) is 16.0 Å². The van der Waals surface area contributed by atoms with Crippen molar-refractivity contribution in [2.24, 2.45) is 0 Å². The number of hydrogen-bond acceptors (Lipinski definition) is 6. The minimum absolute atomic E-state index is 0.0504. The first-order valence-corrected chi connectivity index (χ1v) is 14.7. The van der Waals surface area contributed by atoms with Gasteiger partial charge in [0.2, 0.25) is 5.91 Å². The number of amides is 3. The molecule has 0 spiro atoms. The van der Waals surface area contributed by atoms with Crippen LogP contribution in [0.1, 0.15) is 29.0 Å². The summed E-state index contributed by atoms with van der Waals surface area (Å²) in [5, 5.41) is 19.1. The Kier molecular flexibility index (Phi) is 12.2. The number of carbonyl (C=O) groups is 3. The fourth-order valence-corrected chi connectivity index (χ4v) is 5.16. The molecule has 3 aromatic carbocycles. The van der Waals surface area contributed by atoms with Gasteiger partial charge in [-0.05, 0) is 60.4 Å². The summed E-state index contributed by atoms with van der Waals surface area (Å²) >= 11 is 0. The van der Waals surface area contributed by atoms with E-state index >= 15 is 4.39 Å². The quantitative estimate of drug-likeness (QED) is 0.168. The molecule has 3 amide bonds. The molecule has 3 atom stereocenters. The number of anilines is 1. The smallest absolute Gasteiger partial charge is 0.407 e. The molecule has 4 rings (SSSR count). The zero-order chi connectivity index (χ0) is 34.8. The van der Waals surface area contributed by atoms with E-state index in [4.69, 9.17) is 9.47 Å². The number of carbonyl (C=O) groups excluding carboxylic acids is 2. The lowest BCUT2D eigenvalue weighted by molar-refractivity contribution is -0.124. The first kappa shape index (κ1) is 36.0. The number of hydrogen-bond donors (Lipinski definition) is 5. The molecule has 1 fully saturated rings. The predicted octanol–water partition coefficient (Wildman–Crippen LogP) is 5.09. The number of morpholine rings is 1. The highest BCUT2D eigenvalue weighted by Gasteiger charge is 2.34. The number of alkyl carbamates (subject to hydrolysis) is 1. The Hall–Kier alpha value is -4.83. The lowest BCUT2D eigenvalue weighted by atomic mass is 9.84. The molecule has 0 unspecified atom stereocenters. The van der Waals surface area contributed by atoms with Crippen LogP contribution in [0.2, 0.25) is 0 Å². The van der Waals surface area contributed by atoms with Crippen molar-refractivity contribution in [3.05, 3.63) is 101 Å². The van der Waals surface area contributed by atoms with E-state index in [1.807, 2.05) is 0 Å². The van der Waals surface area contributed by atoms with Crippen molar-refractivity contribution >= 4 is 23.8 Å². The second kappa shape index (κ2) is 16.3. The van der Waals surface area contributed by atoms with E-state index in [-0.39, 0.29) is 43.9 Å². The SMILES string of the molecule is O=C(O)N[C@H](C(=O)Nc1cccc(F)c1CC[C@@H]1CN[C@H](COC(=O)NCC(F)(F)F)CO1)C(c1ccc(F)cc1)c1ccc(F)cc1. The van der Waals surface area contributed by atoms with Gasteiger partial charge in [0.15, 0.2) is 0 Å². The molecule has 1 aliphatic rings. The number of rotatable bonds is 12. The third kappa shape index (κ3) is 10.6. The van der Waals surface area contributed by atoms with Gasteiger partial charge in [-0.1, -0.05) is 30.3 Å². The maximum Gasteiger partial charge on any atom is 0.407 e. The molecular formula is C32H32F6N4O6. The van der Waals surface area contributed by atoms with Crippen LogP contribution in [0, 0.1) is 17.5 Å². The Balaban J connectivity index is 1.43. The minimum Gasteiger partial charge on any atom is -0.465 e. The third-order valence-electron chi connectivity index (χ3n) is 7.46. The number of nitrogens with one attached hydrogen (secondary N) is 4. The average Bonchev–Trinajstić information content (AvgIpc) is 3.04. The average molecular weight is 683 g/mol. The van der Waals surface area contributed by atoms with E-state index < -0.39 is 72.4 Å². The number of halogens is 6. The molecule has 258 valence electrons. The monoisotopic (exact) mass is 682 g/mol. The molecule has 0 aromatic heterocycles. The van der Waals surface area contributed by atoms with E-state index in [0.29, 0.717) is 11.1 Å². The zero-order valence-electron chi connectivity index (χ0n) is 25.2. The zero-order valence-corrected chi connectivity index (χ0v) is 25.2. The largest absolute Gasteiger partial charge is 0.465 e. The highest BCUT2D eigenvalue weighted by Crippen LogP contribution is 2.31. The lowest BCUT2D eigenvalue weighted by Crippen LogP contribution is -2.49. The van der Waals surface area contributed by atoms with Crippen molar-refractivity contribution < 1.29 is 55.3 Å². The highest BCUT2D eigenvalue weighted by molar-refractivity contribution is 5.98. The van der Waals surface area contributed by atoms with Gasteiger partial charge in [0.05, 0.1) is 18.8 Å². The normalized spacial score (nSPS) is 17.0. The van der Waals surface area contributed by atoms with Gasteiger partial charge in [0, 0.05) is 23.7 Å². The molecule has 16 heteroatoms. The van der Waals surface area contributed by atoms with Crippen LogP contribution >= 0.6 is 0 Å². The Morgan fingerprint density at radius 2 is 1.58 bits per heavy atom. The summed E-state index contributed by atoms with van der Waals surface area (Å²) < 4.78 is 89.8. The first-order valence-electron chi connectivity index (χ1n) is 14.7. The van der Waals surface area contributed by atoms with Crippen LogP contribution in [-0.4, -0.2) is 73.9 Å². The van der Waals surface area contributed by atoms with E-state index in [1.54, 1.807) is 5.32 Å². The lowest BCUT2D eigenvalue weighted by Gasteiger charge is -2.30. The second-order valence-electron chi connectivity index (χ2n) is 10.9. The molecule has 0 radical (unpaired) electrons. The molecule has 3 aromatic rings. The Bertz CT molecular complexity index is 1500. The van der Waals surface area contributed by atoms with Crippen LogP contribution in [0.3, 0.4) is 0 Å². The van der Waals surface area contributed by atoms with Crippen LogP contribution in [0.15, 0.2) is 66.7 Å². The molecule has 10 nitrogen and oxygen atoms in total. The summed E-state index contributed by atoms with van der Waals surface area (Å²) in [5.41, 5.74) is 0.873. The molecular weight excluding hydrogens is 650 g/mol. The van der Waals surface area contributed by atoms with Gasteiger partial charge < -0.3 is 35.8 Å². The maximum atomic E-state index is 15.1. The van der Waals surface area contributed by atoms with Gasteiger partial charge in [-0.3, -0.25) is 4.79 Å². The molecule has 1 saturated heterocycles. The number of carboxylic acid groups (broad SMARTS) is 1. The van der Waals surface area contributed by atoms with Crippen LogP contribution in [-0.2, 0) is 20.7 Å². The molecule has 0 saturated carbocycles. The van der Waals surface area contributed by atoms with Gasteiger partial charge >= 0.3 is 18.4 Å². The summed E-state index contributed by atoms with van der Waals surface area (Å²) in [6.45, 7) is -1.48. The maximum absolute atomic E-state index is 15.1. The van der Waals surface area contributed by atoms with Crippen LogP contribution in [0.25, 0.3) is 0 Å². The van der Waals surface area contributed by atoms with Crippen molar-refractivity contribution in [2.75, 3.05) is 31.6 Å². The van der Waals surface area contributed by atoms with Gasteiger partial charge in [0.25, 0.3) is 0 Å². The van der Waals surface area contributed by atoms with Crippen molar-refractivity contribution in [3.63, 3.8) is 0 Å². The van der Waals surface area contributed by atoms with Crippen LogP contribution in [0.4, 0.5) is 41.6 Å². The standard InChI is InChI=1S/C32H32F6N4O6/c33-20-8-4-18(5-9-20)27(19-6-10-21(34)11-7-19)28(42-30(44)45)29(43)41-26-3-1-2-25(35)24(26)13-12-23-14-39-22(15-47-23)16-48-31(46)40-17-32(36,37)38/h1-11,22-23,27-28,39,42H,12-17H2,(H,40,46)(H,41,43)(H,44,45)/t22-,23+,28-/m0/s1. The molecule has 48 heavy (non-hydrogen) atoms.